The van der Waals surface area contributed by atoms with E-state index in [2.05, 4.69) is 0 Å². The van der Waals surface area contributed by atoms with Crippen LogP contribution in [0, 0.1) is 5.92 Å². The molecule has 0 saturated heterocycles. The summed E-state index contributed by atoms with van der Waals surface area (Å²) in [5, 5.41) is 0. The molecule has 0 fully saturated rings. The van der Waals surface area contributed by atoms with Gasteiger partial charge in [-0.2, -0.15) is 13.2 Å². The molecule has 1 atom stereocenters. The van der Waals surface area contributed by atoms with Crippen LogP contribution in [-0.2, 0) is 11.2 Å². The molecule has 0 saturated carbocycles. The Balaban J connectivity index is 2.66. The van der Waals surface area contributed by atoms with Crippen molar-refractivity contribution in [1.82, 2.24) is 4.90 Å². The number of rotatable bonds is 6. The van der Waals surface area contributed by atoms with Crippen molar-refractivity contribution in [3.63, 3.8) is 0 Å². The summed E-state index contributed by atoms with van der Waals surface area (Å²) in [6, 6.07) is 9.31. The van der Waals surface area contributed by atoms with Crippen LogP contribution >= 0.6 is 0 Å². The van der Waals surface area contributed by atoms with Crippen LogP contribution < -0.4 is 5.73 Å². The van der Waals surface area contributed by atoms with E-state index < -0.39 is 18.0 Å². The predicted octanol–water partition coefficient (Wildman–Crippen LogP) is 2.21. The lowest BCUT2D eigenvalue weighted by molar-refractivity contribution is -0.185. The molecule has 0 aliphatic heterocycles. The quantitative estimate of drug-likeness (QED) is 0.872. The first-order valence-electron chi connectivity index (χ1n) is 6.45. The van der Waals surface area contributed by atoms with Gasteiger partial charge in [-0.05, 0) is 18.9 Å². The fourth-order valence-electron chi connectivity index (χ4n) is 1.81. The minimum absolute atomic E-state index is 0.131. The largest absolute Gasteiger partial charge is 0.400 e. The summed E-state index contributed by atoms with van der Waals surface area (Å²) in [4.78, 5) is 13.0. The number of carbonyl (C=O) groups excluding carboxylic acids is 1. The molecule has 1 aromatic rings. The van der Waals surface area contributed by atoms with E-state index >= 15 is 0 Å². The molecule has 3 nitrogen and oxygen atoms in total. The SMILES string of the molecule is CC(C(=O)N(CCN)CCc1ccccc1)C(F)(F)F. The van der Waals surface area contributed by atoms with Crippen LogP contribution in [0.15, 0.2) is 30.3 Å². The summed E-state index contributed by atoms with van der Waals surface area (Å²) in [7, 11) is 0. The fraction of sp³-hybridized carbons (Fsp3) is 0.500. The lowest BCUT2D eigenvalue weighted by Gasteiger charge is -2.26. The highest BCUT2D eigenvalue weighted by Crippen LogP contribution is 2.27. The molecule has 2 N–H and O–H groups in total. The van der Waals surface area contributed by atoms with Crippen molar-refractivity contribution in [2.24, 2.45) is 11.7 Å². The topological polar surface area (TPSA) is 46.3 Å². The van der Waals surface area contributed by atoms with Gasteiger partial charge in [0.05, 0.1) is 0 Å². The summed E-state index contributed by atoms with van der Waals surface area (Å²) in [5.74, 6) is -2.91. The van der Waals surface area contributed by atoms with E-state index in [4.69, 9.17) is 5.73 Å². The van der Waals surface area contributed by atoms with Gasteiger partial charge in [0, 0.05) is 19.6 Å². The first kappa shape index (κ1) is 16.5. The zero-order valence-electron chi connectivity index (χ0n) is 11.4. The van der Waals surface area contributed by atoms with E-state index in [9.17, 15) is 18.0 Å². The number of nitrogens with zero attached hydrogens (tertiary/aromatic N) is 1. The molecule has 1 unspecified atom stereocenters. The highest BCUT2D eigenvalue weighted by molar-refractivity contribution is 5.79. The van der Waals surface area contributed by atoms with Crippen LogP contribution in [0.2, 0.25) is 0 Å². The third-order valence-electron chi connectivity index (χ3n) is 3.09. The van der Waals surface area contributed by atoms with Crippen LogP contribution in [0.3, 0.4) is 0 Å². The van der Waals surface area contributed by atoms with Crippen molar-refractivity contribution >= 4 is 5.91 Å². The van der Waals surface area contributed by atoms with Crippen molar-refractivity contribution in [3.05, 3.63) is 35.9 Å². The van der Waals surface area contributed by atoms with E-state index in [-0.39, 0.29) is 19.6 Å². The third kappa shape index (κ3) is 4.85. The number of halogens is 3. The van der Waals surface area contributed by atoms with Gasteiger partial charge in [-0.15, -0.1) is 0 Å². The van der Waals surface area contributed by atoms with E-state index in [1.807, 2.05) is 30.3 Å². The fourth-order valence-corrected chi connectivity index (χ4v) is 1.81. The molecule has 0 heterocycles. The van der Waals surface area contributed by atoms with Gasteiger partial charge >= 0.3 is 6.18 Å². The summed E-state index contributed by atoms with van der Waals surface area (Å²) in [5.41, 5.74) is 6.34. The molecule has 0 bridgehead atoms. The van der Waals surface area contributed by atoms with Crippen molar-refractivity contribution in [1.29, 1.82) is 0 Å². The minimum atomic E-state index is -4.52. The van der Waals surface area contributed by atoms with Crippen LogP contribution in [0.4, 0.5) is 13.2 Å². The van der Waals surface area contributed by atoms with Crippen molar-refractivity contribution < 1.29 is 18.0 Å². The van der Waals surface area contributed by atoms with Gasteiger partial charge in [-0.3, -0.25) is 4.79 Å². The van der Waals surface area contributed by atoms with Gasteiger partial charge in [-0.25, -0.2) is 0 Å². The second kappa shape index (κ2) is 7.28. The maximum Gasteiger partial charge on any atom is 0.400 e. The molecule has 112 valence electrons. The zero-order chi connectivity index (χ0) is 15.2. The van der Waals surface area contributed by atoms with Gasteiger partial charge in [0.25, 0.3) is 0 Å². The molecule has 20 heavy (non-hydrogen) atoms. The Morgan fingerprint density at radius 2 is 1.85 bits per heavy atom. The van der Waals surface area contributed by atoms with Crippen molar-refractivity contribution in [2.45, 2.75) is 19.5 Å². The van der Waals surface area contributed by atoms with Gasteiger partial charge in [0.2, 0.25) is 5.91 Å². The molecule has 0 aliphatic carbocycles. The van der Waals surface area contributed by atoms with Crippen LogP contribution in [0.1, 0.15) is 12.5 Å². The highest BCUT2D eigenvalue weighted by Gasteiger charge is 2.42. The van der Waals surface area contributed by atoms with Gasteiger partial charge in [0.1, 0.15) is 5.92 Å². The normalized spacial score (nSPS) is 13.1. The van der Waals surface area contributed by atoms with E-state index in [1.165, 1.54) is 4.90 Å². The Labute approximate surface area is 116 Å². The second-order valence-electron chi connectivity index (χ2n) is 4.61. The van der Waals surface area contributed by atoms with Crippen LogP contribution in [0.25, 0.3) is 0 Å². The summed E-state index contributed by atoms with van der Waals surface area (Å²) < 4.78 is 37.8. The maximum atomic E-state index is 12.6. The molecule has 1 amide bonds. The van der Waals surface area contributed by atoms with Crippen molar-refractivity contribution in [2.75, 3.05) is 19.6 Å². The Morgan fingerprint density at radius 1 is 1.25 bits per heavy atom. The molecule has 0 aliphatic rings. The Bertz CT molecular complexity index is 420. The molecule has 1 rings (SSSR count). The van der Waals surface area contributed by atoms with E-state index in [1.54, 1.807) is 0 Å². The van der Waals surface area contributed by atoms with E-state index in [0.717, 1.165) is 12.5 Å². The monoisotopic (exact) mass is 288 g/mol. The van der Waals surface area contributed by atoms with E-state index in [0.29, 0.717) is 6.42 Å². The van der Waals surface area contributed by atoms with Gasteiger partial charge in [0.15, 0.2) is 0 Å². The van der Waals surface area contributed by atoms with Crippen LogP contribution in [0.5, 0.6) is 0 Å². The first-order chi connectivity index (χ1) is 9.36. The number of carbonyl (C=O) groups is 1. The Hall–Kier alpha value is -1.56. The number of alkyl halides is 3. The molecule has 1 aromatic carbocycles. The van der Waals surface area contributed by atoms with Gasteiger partial charge in [-0.1, -0.05) is 30.3 Å². The molecular formula is C14H19F3N2O. The zero-order valence-corrected chi connectivity index (χ0v) is 11.4. The number of nitrogens with two attached hydrogens (primary N) is 1. The minimum Gasteiger partial charge on any atom is -0.341 e. The second-order valence-corrected chi connectivity index (χ2v) is 4.61. The molecule has 0 radical (unpaired) electrons. The number of hydrogen-bond donors (Lipinski definition) is 1. The smallest absolute Gasteiger partial charge is 0.341 e. The average molecular weight is 288 g/mol. The highest BCUT2D eigenvalue weighted by atomic mass is 19.4. The maximum absolute atomic E-state index is 12.6. The molecule has 0 aromatic heterocycles. The number of hydrogen-bond acceptors (Lipinski definition) is 2. The average Bonchev–Trinajstić information content (AvgIpc) is 2.42. The lowest BCUT2D eigenvalue weighted by atomic mass is 10.1. The molecule has 0 spiro atoms. The van der Waals surface area contributed by atoms with Crippen molar-refractivity contribution in [3.8, 4) is 0 Å². The summed E-state index contributed by atoms with van der Waals surface area (Å²) in [6.45, 7) is 1.39. The van der Waals surface area contributed by atoms with Crippen LogP contribution in [-0.4, -0.2) is 36.6 Å². The number of amides is 1. The Kier molecular flexibility index (Phi) is 6.01. The molecule has 6 heteroatoms. The van der Waals surface area contributed by atoms with Gasteiger partial charge < -0.3 is 10.6 Å². The standard InChI is InChI=1S/C14H19F3N2O/c1-11(14(15,16)17)13(20)19(10-8-18)9-7-12-5-3-2-4-6-12/h2-6,11H,7-10,18H2,1H3. The third-order valence-corrected chi connectivity index (χ3v) is 3.09. The Morgan fingerprint density at radius 3 is 2.35 bits per heavy atom. The summed E-state index contributed by atoms with van der Waals surface area (Å²) in [6.07, 6.45) is -4.01. The predicted molar refractivity (Wildman–Crippen MR) is 71.0 cm³/mol. The number of benzene rings is 1. The first-order valence-corrected chi connectivity index (χ1v) is 6.45. The molecular weight excluding hydrogens is 269 g/mol. The summed E-state index contributed by atoms with van der Waals surface area (Å²) >= 11 is 0. The lowest BCUT2D eigenvalue weighted by Crippen LogP contribution is -2.44.